The number of hydrogen-bond donors (Lipinski definition) is 1. The Morgan fingerprint density at radius 1 is 1.45 bits per heavy atom. The molecule has 1 amide bonds. The van der Waals surface area contributed by atoms with Crippen molar-refractivity contribution in [3.05, 3.63) is 39.4 Å². The van der Waals surface area contributed by atoms with E-state index in [-0.39, 0.29) is 5.91 Å². The van der Waals surface area contributed by atoms with Crippen molar-refractivity contribution in [2.24, 2.45) is 0 Å². The fourth-order valence-corrected chi connectivity index (χ4v) is 2.60. The van der Waals surface area contributed by atoms with E-state index in [9.17, 15) is 4.79 Å². The fraction of sp³-hybridized carbons (Fsp3) is 0.231. The van der Waals surface area contributed by atoms with Crippen LogP contribution in [0.15, 0.2) is 23.7 Å². The van der Waals surface area contributed by atoms with E-state index in [4.69, 9.17) is 27.9 Å². The minimum Gasteiger partial charge on any atom is -0.479 e. The number of aromatic nitrogens is 1. The van der Waals surface area contributed by atoms with Crippen LogP contribution in [0.3, 0.4) is 0 Å². The highest BCUT2D eigenvalue weighted by atomic mass is 35.5. The molecule has 0 aliphatic heterocycles. The van der Waals surface area contributed by atoms with Gasteiger partial charge in [-0.3, -0.25) is 4.79 Å². The highest BCUT2D eigenvalue weighted by molar-refractivity contribution is 7.14. The van der Waals surface area contributed by atoms with E-state index in [2.05, 4.69) is 10.3 Å². The minimum atomic E-state index is -0.685. The van der Waals surface area contributed by atoms with Gasteiger partial charge in [-0.1, -0.05) is 23.2 Å². The molecule has 0 fully saturated rings. The molecule has 7 heteroatoms. The summed E-state index contributed by atoms with van der Waals surface area (Å²) in [6.45, 7) is 3.48. The maximum atomic E-state index is 12.0. The third kappa shape index (κ3) is 3.62. The molecule has 1 aromatic heterocycles. The van der Waals surface area contributed by atoms with Gasteiger partial charge in [0.1, 0.15) is 10.8 Å². The van der Waals surface area contributed by atoms with Gasteiger partial charge in [0.05, 0.1) is 16.2 Å². The first-order chi connectivity index (χ1) is 9.47. The van der Waals surface area contributed by atoms with Crippen LogP contribution in [0.5, 0.6) is 5.75 Å². The first kappa shape index (κ1) is 15.1. The molecule has 106 valence electrons. The van der Waals surface area contributed by atoms with Crippen molar-refractivity contribution in [1.82, 2.24) is 4.98 Å². The molecule has 0 radical (unpaired) electrons. The van der Waals surface area contributed by atoms with Gasteiger partial charge in [0.15, 0.2) is 6.10 Å². The van der Waals surface area contributed by atoms with E-state index in [1.54, 1.807) is 30.6 Å². The summed E-state index contributed by atoms with van der Waals surface area (Å²) >= 11 is 13.2. The fourth-order valence-electron chi connectivity index (χ4n) is 1.45. The van der Waals surface area contributed by atoms with Gasteiger partial charge in [-0.25, -0.2) is 4.98 Å². The molecule has 1 heterocycles. The molecule has 0 unspecified atom stereocenters. The van der Waals surface area contributed by atoms with E-state index in [0.717, 1.165) is 5.69 Å². The molecule has 2 aromatic rings. The minimum absolute atomic E-state index is 0.261. The van der Waals surface area contributed by atoms with Crippen LogP contribution in [-0.2, 0) is 4.79 Å². The van der Waals surface area contributed by atoms with E-state index in [1.165, 1.54) is 11.3 Å². The summed E-state index contributed by atoms with van der Waals surface area (Å²) in [6, 6.07) is 4.85. The third-order valence-corrected chi connectivity index (χ3v) is 3.92. The maximum Gasteiger partial charge on any atom is 0.265 e. The Balaban J connectivity index is 2.02. The molecule has 2 rings (SSSR count). The van der Waals surface area contributed by atoms with Crippen molar-refractivity contribution in [2.75, 3.05) is 5.32 Å². The normalized spacial score (nSPS) is 12.0. The Bertz CT molecular complexity index is 631. The zero-order valence-electron chi connectivity index (χ0n) is 10.8. The molecule has 0 aliphatic carbocycles. The van der Waals surface area contributed by atoms with Crippen LogP contribution in [0, 0.1) is 6.92 Å². The summed E-state index contributed by atoms with van der Waals surface area (Å²) in [4.78, 5) is 16.1. The monoisotopic (exact) mass is 330 g/mol. The average Bonchev–Trinajstić information content (AvgIpc) is 2.78. The Morgan fingerprint density at radius 2 is 2.20 bits per heavy atom. The van der Waals surface area contributed by atoms with Crippen LogP contribution in [0.2, 0.25) is 10.0 Å². The lowest BCUT2D eigenvalue weighted by atomic mass is 10.3. The molecular weight excluding hydrogens is 319 g/mol. The highest BCUT2D eigenvalue weighted by Crippen LogP contribution is 2.28. The zero-order valence-corrected chi connectivity index (χ0v) is 13.1. The maximum absolute atomic E-state index is 12.0. The third-order valence-electron chi connectivity index (χ3n) is 2.55. The Hall–Kier alpha value is -1.30. The lowest BCUT2D eigenvalue weighted by Gasteiger charge is -2.15. The molecule has 20 heavy (non-hydrogen) atoms. The number of amides is 1. The molecule has 0 spiro atoms. The number of rotatable bonds is 4. The molecule has 0 aliphatic rings. The van der Waals surface area contributed by atoms with Crippen LogP contribution in [0.25, 0.3) is 0 Å². The second-order valence-corrected chi connectivity index (χ2v) is 5.79. The summed E-state index contributed by atoms with van der Waals surface area (Å²) < 4.78 is 5.53. The number of ether oxygens (including phenoxy) is 1. The summed E-state index contributed by atoms with van der Waals surface area (Å²) in [5.74, 6) is 0.156. The smallest absolute Gasteiger partial charge is 0.265 e. The molecule has 0 bridgehead atoms. The summed E-state index contributed by atoms with van der Waals surface area (Å²) in [7, 11) is 0. The van der Waals surface area contributed by atoms with E-state index >= 15 is 0 Å². The molecule has 1 atom stereocenters. The predicted octanol–water partition coefficient (Wildman–Crippen LogP) is 4.16. The van der Waals surface area contributed by atoms with Gasteiger partial charge in [0.2, 0.25) is 0 Å². The van der Waals surface area contributed by atoms with Crippen molar-refractivity contribution in [1.29, 1.82) is 0 Å². The summed E-state index contributed by atoms with van der Waals surface area (Å²) in [5, 5.41) is 4.36. The first-order valence-corrected chi connectivity index (χ1v) is 7.43. The van der Waals surface area contributed by atoms with E-state index < -0.39 is 6.10 Å². The van der Waals surface area contributed by atoms with Crippen molar-refractivity contribution in [3.63, 3.8) is 0 Å². The van der Waals surface area contributed by atoms with Gasteiger partial charge in [0, 0.05) is 5.02 Å². The largest absolute Gasteiger partial charge is 0.479 e. The van der Waals surface area contributed by atoms with E-state index in [1.807, 2.05) is 6.92 Å². The number of carbonyl (C=O) groups excluding carboxylic acids is 1. The Labute approximate surface area is 130 Å². The number of anilines is 1. The predicted molar refractivity (Wildman–Crippen MR) is 82.0 cm³/mol. The molecule has 0 saturated carbocycles. The second-order valence-electron chi connectivity index (χ2n) is 4.09. The van der Waals surface area contributed by atoms with Crippen molar-refractivity contribution in [2.45, 2.75) is 20.0 Å². The lowest BCUT2D eigenvalue weighted by molar-refractivity contribution is -0.122. The number of carbonyl (C=O) groups is 1. The Kier molecular flexibility index (Phi) is 4.86. The molecule has 1 N–H and O–H groups in total. The first-order valence-electron chi connectivity index (χ1n) is 5.80. The highest BCUT2D eigenvalue weighted by Gasteiger charge is 2.17. The van der Waals surface area contributed by atoms with Crippen LogP contribution < -0.4 is 10.1 Å². The Morgan fingerprint density at radius 3 is 2.80 bits per heavy atom. The number of benzene rings is 1. The summed E-state index contributed by atoms with van der Waals surface area (Å²) in [5.41, 5.74) is 2.45. The number of aryl methyl sites for hydroxylation is 1. The zero-order chi connectivity index (χ0) is 14.7. The molecule has 0 saturated heterocycles. The van der Waals surface area contributed by atoms with Crippen LogP contribution >= 0.6 is 34.5 Å². The second kappa shape index (κ2) is 6.43. The number of nitrogens with one attached hydrogen (secondary N) is 1. The van der Waals surface area contributed by atoms with Gasteiger partial charge < -0.3 is 10.1 Å². The van der Waals surface area contributed by atoms with Gasteiger partial charge in [-0.15, -0.1) is 11.3 Å². The average molecular weight is 331 g/mol. The quantitative estimate of drug-likeness (QED) is 0.915. The standard InChI is InChI=1S/C13H12Cl2N2O2S/c1-7-13(20-6-16-7)17-12(18)8(2)19-11-4-3-9(14)5-10(11)15/h3-6,8H,1-2H3,(H,17,18)/t8-/m0/s1. The van der Waals surface area contributed by atoms with Crippen molar-refractivity contribution in [3.8, 4) is 5.75 Å². The SMILES string of the molecule is Cc1ncsc1NC(=O)[C@H](C)Oc1ccc(Cl)cc1Cl. The number of halogens is 2. The number of thiazole rings is 1. The van der Waals surface area contributed by atoms with Crippen LogP contribution in [0.4, 0.5) is 5.00 Å². The van der Waals surface area contributed by atoms with Crippen LogP contribution in [-0.4, -0.2) is 17.0 Å². The topological polar surface area (TPSA) is 51.2 Å². The number of nitrogens with zero attached hydrogens (tertiary/aromatic N) is 1. The summed E-state index contributed by atoms with van der Waals surface area (Å²) in [6.07, 6.45) is -0.685. The van der Waals surface area contributed by atoms with Crippen molar-refractivity contribution < 1.29 is 9.53 Å². The van der Waals surface area contributed by atoms with Gasteiger partial charge >= 0.3 is 0 Å². The molecule has 1 aromatic carbocycles. The number of hydrogen-bond acceptors (Lipinski definition) is 4. The molecular formula is C13H12Cl2N2O2S. The van der Waals surface area contributed by atoms with Gasteiger partial charge in [0.25, 0.3) is 5.91 Å². The molecule has 4 nitrogen and oxygen atoms in total. The van der Waals surface area contributed by atoms with Gasteiger partial charge in [-0.2, -0.15) is 0 Å². The van der Waals surface area contributed by atoms with Crippen molar-refractivity contribution >= 4 is 45.4 Å². The van der Waals surface area contributed by atoms with Gasteiger partial charge in [-0.05, 0) is 32.0 Å². The van der Waals surface area contributed by atoms with Crippen LogP contribution in [0.1, 0.15) is 12.6 Å². The lowest BCUT2D eigenvalue weighted by Crippen LogP contribution is -2.30. The van der Waals surface area contributed by atoms with E-state index in [0.29, 0.717) is 20.8 Å².